The van der Waals surface area contributed by atoms with Gasteiger partial charge in [0.2, 0.25) is 11.8 Å². The topological polar surface area (TPSA) is 105 Å². The van der Waals surface area contributed by atoms with Crippen molar-refractivity contribution in [2.75, 3.05) is 26.9 Å². The molecule has 0 saturated heterocycles. The van der Waals surface area contributed by atoms with Crippen molar-refractivity contribution in [3.05, 3.63) is 0 Å². The fourth-order valence-corrected chi connectivity index (χ4v) is 1.35. The fraction of sp³-hybridized carbons (Fsp3) is 0.733. The van der Waals surface area contributed by atoms with Crippen LogP contribution < -0.4 is 11.0 Å². The number of primary amides is 1. The molecule has 0 unspecified atom stereocenters. The Balaban J connectivity index is -0.000000297. The molecule has 0 rings (SSSR count). The number of hydrogen-bond donors (Lipinski definition) is 3. The molecule has 24 heavy (non-hydrogen) atoms. The van der Waals surface area contributed by atoms with E-state index in [0.29, 0.717) is 6.42 Å². The second-order valence-electron chi connectivity index (χ2n) is 3.62. The number of halogens is 1. The number of likely N-dealkylation sites (N-methyl/N-ethyl adjacent to an activating group) is 1. The van der Waals surface area contributed by atoms with Gasteiger partial charge in [-0.1, -0.05) is 34.6 Å². The van der Waals surface area contributed by atoms with Crippen molar-refractivity contribution < 1.29 is 23.7 Å². The van der Waals surface area contributed by atoms with Crippen LogP contribution in [-0.2, 0) is 14.2 Å². The highest BCUT2D eigenvalue weighted by atomic mass is 19.1. The molecular formula is C15H33BFN3O4. The molecule has 4 N–H and O–H groups in total. The number of amides is 2. The van der Waals surface area contributed by atoms with Crippen molar-refractivity contribution in [2.24, 2.45) is 5.73 Å². The number of carbonyl (C=O) groups is 2. The number of terminal acetylenes is 1. The lowest BCUT2D eigenvalue weighted by Crippen LogP contribution is -2.50. The summed E-state index contributed by atoms with van der Waals surface area (Å²) in [5, 5.41) is 11.5. The van der Waals surface area contributed by atoms with Crippen LogP contribution in [0.1, 0.15) is 41.0 Å². The summed E-state index contributed by atoms with van der Waals surface area (Å²) in [4.78, 5) is 23.9. The Morgan fingerprint density at radius 1 is 1.33 bits per heavy atom. The summed E-state index contributed by atoms with van der Waals surface area (Å²) in [7, 11) is 0.0179. The van der Waals surface area contributed by atoms with E-state index in [4.69, 9.17) is 10.8 Å². The molecule has 0 aromatic carbocycles. The molecule has 9 heteroatoms. The highest BCUT2D eigenvalue weighted by molar-refractivity contribution is 6.39. The van der Waals surface area contributed by atoms with Crippen molar-refractivity contribution in [3.8, 4) is 12.8 Å². The highest BCUT2D eigenvalue weighted by Gasteiger charge is 2.24. The Morgan fingerprint density at radius 2 is 1.79 bits per heavy atom. The molecule has 0 aromatic heterocycles. The van der Waals surface area contributed by atoms with E-state index in [1.165, 1.54) is 11.9 Å². The van der Waals surface area contributed by atoms with E-state index in [-0.39, 0.29) is 13.2 Å². The van der Waals surface area contributed by atoms with Crippen molar-refractivity contribution >= 4 is 19.1 Å². The van der Waals surface area contributed by atoms with Gasteiger partial charge in [-0.3, -0.25) is 14.8 Å². The van der Waals surface area contributed by atoms with Crippen molar-refractivity contribution in [3.63, 3.8) is 0 Å². The molecule has 2 amide bonds. The zero-order valence-corrected chi connectivity index (χ0v) is 15.7. The summed E-state index contributed by atoms with van der Waals surface area (Å²) in [6.07, 6.45) is 8.40. The Hall–Kier alpha value is -1.63. The van der Waals surface area contributed by atoms with Crippen LogP contribution in [0.15, 0.2) is 0 Å². The molecule has 0 fully saturated rings. The molecule has 0 aliphatic heterocycles. The SMILES string of the molecule is C#C.CC.CC.CC[C@@H](C(N)=O)N(C)C(=O)CNB(O)OCCF. The number of alkyl halides is 1. The first-order chi connectivity index (χ1) is 11.4. The van der Waals surface area contributed by atoms with Gasteiger partial charge in [0.25, 0.3) is 0 Å². The minimum Gasteiger partial charge on any atom is -0.413 e. The number of rotatable bonds is 9. The van der Waals surface area contributed by atoms with E-state index in [2.05, 4.69) is 22.7 Å². The third kappa shape index (κ3) is 16.7. The van der Waals surface area contributed by atoms with Gasteiger partial charge in [-0.05, 0) is 6.42 Å². The van der Waals surface area contributed by atoms with Gasteiger partial charge in [-0.2, -0.15) is 0 Å². The molecule has 0 radical (unpaired) electrons. The maximum absolute atomic E-state index is 11.7. The number of carbonyl (C=O) groups excluding carboxylic acids is 2. The molecule has 0 saturated carbocycles. The van der Waals surface area contributed by atoms with E-state index in [9.17, 15) is 14.0 Å². The van der Waals surface area contributed by atoms with Crippen molar-refractivity contribution in [1.29, 1.82) is 0 Å². The van der Waals surface area contributed by atoms with Crippen LogP contribution in [-0.4, -0.2) is 61.9 Å². The summed E-state index contributed by atoms with van der Waals surface area (Å²) in [5.41, 5.74) is 5.14. The molecule has 0 heterocycles. The van der Waals surface area contributed by atoms with Crippen LogP contribution in [0, 0.1) is 12.8 Å². The average Bonchev–Trinajstić information content (AvgIpc) is 2.63. The zero-order chi connectivity index (χ0) is 20.1. The Morgan fingerprint density at radius 3 is 2.12 bits per heavy atom. The van der Waals surface area contributed by atoms with Gasteiger partial charge in [0.1, 0.15) is 12.7 Å². The van der Waals surface area contributed by atoms with Crippen molar-refractivity contribution in [1.82, 2.24) is 10.1 Å². The average molecular weight is 349 g/mol. The maximum Gasteiger partial charge on any atom is 0.552 e. The first kappa shape index (κ1) is 30.3. The van der Waals surface area contributed by atoms with Crippen LogP contribution in [0.5, 0.6) is 0 Å². The molecular weight excluding hydrogens is 316 g/mol. The van der Waals surface area contributed by atoms with Crippen LogP contribution >= 0.6 is 0 Å². The standard InChI is InChI=1S/C9H19BFN3O4.2C2H6.C2H2/c1-3-7(9(12)16)14(2)8(15)6-13-10(17)18-5-4-11;3*1-2/h7,13,17H,3-6H2,1-2H3,(H2,12,16);2*1-2H3;1-2H/t7-;;;/m0.../s1. The number of hydrogen-bond acceptors (Lipinski definition) is 5. The lowest BCUT2D eigenvalue weighted by Gasteiger charge is -2.24. The molecule has 1 atom stereocenters. The van der Waals surface area contributed by atoms with Gasteiger partial charge in [0.15, 0.2) is 0 Å². The van der Waals surface area contributed by atoms with E-state index >= 15 is 0 Å². The minimum absolute atomic E-state index is 0.242. The lowest BCUT2D eigenvalue weighted by atomic mass is 10.1. The molecule has 0 spiro atoms. The molecule has 7 nitrogen and oxygen atoms in total. The summed E-state index contributed by atoms with van der Waals surface area (Å²) < 4.78 is 16.3. The Kier molecular flexibility index (Phi) is 29.8. The Labute approximate surface area is 146 Å². The van der Waals surface area contributed by atoms with Crippen molar-refractivity contribution in [2.45, 2.75) is 47.1 Å². The molecule has 0 aliphatic rings. The van der Waals surface area contributed by atoms with Gasteiger partial charge < -0.3 is 20.3 Å². The summed E-state index contributed by atoms with van der Waals surface area (Å²) >= 11 is 0. The van der Waals surface area contributed by atoms with Crippen LogP contribution in [0.4, 0.5) is 4.39 Å². The van der Waals surface area contributed by atoms with E-state index in [1.54, 1.807) is 6.92 Å². The predicted molar refractivity (Wildman–Crippen MR) is 96.5 cm³/mol. The summed E-state index contributed by atoms with van der Waals surface area (Å²) in [5.74, 6) is -1.02. The number of nitrogens with zero attached hydrogens (tertiary/aromatic N) is 1. The number of nitrogens with one attached hydrogen (secondary N) is 1. The largest absolute Gasteiger partial charge is 0.552 e. The van der Waals surface area contributed by atoms with Crippen LogP contribution in [0.3, 0.4) is 0 Å². The predicted octanol–water partition coefficient (Wildman–Crippen LogP) is 0.563. The van der Waals surface area contributed by atoms with Gasteiger partial charge in [0.05, 0.1) is 13.2 Å². The molecule has 142 valence electrons. The van der Waals surface area contributed by atoms with Crippen LogP contribution in [0.2, 0.25) is 0 Å². The molecule has 0 bridgehead atoms. The molecule has 0 aliphatic carbocycles. The second kappa shape index (κ2) is 23.6. The first-order valence-corrected chi connectivity index (χ1v) is 7.91. The normalized spacial score (nSPS) is 9.58. The third-order valence-electron chi connectivity index (χ3n) is 2.36. The Bertz CT molecular complexity index is 320. The van der Waals surface area contributed by atoms with Gasteiger partial charge >= 0.3 is 7.25 Å². The zero-order valence-electron chi connectivity index (χ0n) is 15.7. The highest BCUT2D eigenvalue weighted by Crippen LogP contribution is 2.00. The minimum atomic E-state index is -1.42. The molecule has 0 aromatic rings. The lowest BCUT2D eigenvalue weighted by molar-refractivity contribution is -0.137. The summed E-state index contributed by atoms with van der Waals surface area (Å²) in [6.45, 7) is 8.49. The summed E-state index contributed by atoms with van der Waals surface area (Å²) in [6, 6.07) is -0.691. The van der Waals surface area contributed by atoms with Gasteiger partial charge in [0, 0.05) is 7.05 Å². The van der Waals surface area contributed by atoms with Gasteiger partial charge in [-0.15, -0.1) is 12.8 Å². The third-order valence-corrected chi connectivity index (χ3v) is 2.36. The monoisotopic (exact) mass is 349 g/mol. The fourth-order valence-electron chi connectivity index (χ4n) is 1.35. The van der Waals surface area contributed by atoms with E-state index in [0.717, 1.165) is 0 Å². The van der Waals surface area contributed by atoms with E-state index < -0.39 is 31.8 Å². The smallest absolute Gasteiger partial charge is 0.413 e. The van der Waals surface area contributed by atoms with E-state index in [1.807, 2.05) is 27.7 Å². The quantitative estimate of drug-likeness (QED) is 0.417. The second-order valence-corrected chi connectivity index (χ2v) is 3.62. The van der Waals surface area contributed by atoms with Crippen LogP contribution in [0.25, 0.3) is 0 Å². The first-order valence-electron chi connectivity index (χ1n) is 7.91. The maximum atomic E-state index is 11.7. The number of nitrogens with two attached hydrogens (primary N) is 1. The van der Waals surface area contributed by atoms with Gasteiger partial charge in [-0.25, -0.2) is 4.39 Å².